The highest BCUT2D eigenvalue weighted by atomic mass is 79.9. The number of carbonyl (C=O) groups excluding carboxylic acids is 1. The van der Waals surface area contributed by atoms with Crippen molar-refractivity contribution in [1.29, 1.82) is 0 Å². The Balaban J connectivity index is 2.36. The van der Waals surface area contributed by atoms with Crippen LogP contribution in [0.1, 0.15) is 16.1 Å². The monoisotopic (exact) mass is 438 g/mol. The molecule has 9 heteroatoms. The highest BCUT2D eigenvalue weighted by molar-refractivity contribution is 9.10. The minimum Gasteiger partial charge on any atom is -0.464 e. The zero-order valence-electron chi connectivity index (χ0n) is 14.0. The van der Waals surface area contributed by atoms with Gasteiger partial charge in [-0.25, -0.2) is 17.2 Å². The first-order valence-electron chi connectivity index (χ1n) is 7.52. The van der Waals surface area contributed by atoms with Crippen molar-refractivity contribution in [3.8, 4) is 0 Å². The minimum atomic E-state index is -4.06. The fourth-order valence-electron chi connectivity index (χ4n) is 2.73. The predicted molar refractivity (Wildman–Crippen MR) is 101 cm³/mol. The number of fused-ring (bicyclic) bond motifs is 1. The quantitative estimate of drug-likeness (QED) is 0.583. The van der Waals surface area contributed by atoms with Crippen LogP contribution in [0.4, 0.5) is 0 Å². The predicted octanol–water partition coefficient (Wildman–Crippen LogP) is 2.27. The number of hydrogen-bond donors (Lipinski definition) is 0. The number of halogens is 1. The fourth-order valence-corrected chi connectivity index (χ4v) is 4.96. The Kier molecular flexibility index (Phi) is 4.76. The number of pyridine rings is 1. The van der Waals surface area contributed by atoms with Crippen LogP contribution >= 0.6 is 15.9 Å². The standard InChI is InChI=1S/C17H15BrN2O5S/c1-19-9-13(18)12-8-14(17(22)25-2)20(15(12)16(19)21)26(23,24)10-11-6-4-3-5-7-11/h3-9H,10H2,1-2H3. The van der Waals surface area contributed by atoms with Crippen molar-refractivity contribution in [1.82, 2.24) is 8.54 Å². The fraction of sp³-hybridized carbons (Fsp3) is 0.176. The molecule has 2 heterocycles. The Morgan fingerprint density at radius 2 is 1.88 bits per heavy atom. The van der Waals surface area contributed by atoms with Crippen LogP contribution in [0.25, 0.3) is 10.9 Å². The van der Waals surface area contributed by atoms with Gasteiger partial charge >= 0.3 is 5.97 Å². The van der Waals surface area contributed by atoms with E-state index in [0.29, 0.717) is 15.4 Å². The molecule has 0 bridgehead atoms. The molecule has 26 heavy (non-hydrogen) atoms. The second-order valence-corrected chi connectivity index (χ2v) is 8.35. The van der Waals surface area contributed by atoms with Gasteiger partial charge in [-0.1, -0.05) is 30.3 Å². The molecule has 0 atom stereocenters. The molecule has 0 amide bonds. The maximum absolute atomic E-state index is 13.1. The lowest BCUT2D eigenvalue weighted by molar-refractivity contribution is 0.0593. The van der Waals surface area contributed by atoms with Gasteiger partial charge in [0, 0.05) is 23.1 Å². The summed E-state index contributed by atoms with van der Waals surface area (Å²) < 4.78 is 33.4. The van der Waals surface area contributed by atoms with Gasteiger partial charge in [0.05, 0.1) is 12.9 Å². The zero-order chi connectivity index (χ0) is 19.1. The number of esters is 1. The normalized spacial score (nSPS) is 11.7. The van der Waals surface area contributed by atoms with Gasteiger partial charge in [-0.15, -0.1) is 0 Å². The molecule has 3 rings (SSSR count). The van der Waals surface area contributed by atoms with Gasteiger partial charge in [0.2, 0.25) is 10.0 Å². The number of nitrogens with zero attached hydrogens (tertiary/aromatic N) is 2. The number of carbonyl (C=O) groups is 1. The van der Waals surface area contributed by atoms with Gasteiger partial charge in [-0.05, 0) is 27.6 Å². The third-order valence-electron chi connectivity index (χ3n) is 3.91. The molecule has 3 aromatic rings. The molecule has 0 unspecified atom stereocenters. The smallest absolute Gasteiger partial charge is 0.355 e. The number of aryl methyl sites for hydroxylation is 1. The maximum Gasteiger partial charge on any atom is 0.355 e. The average molecular weight is 439 g/mol. The second kappa shape index (κ2) is 6.73. The summed E-state index contributed by atoms with van der Waals surface area (Å²) in [5, 5.41) is 0.324. The maximum atomic E-state index is 13.1. The van der Waals surface area contributed by atoms with Gasteiger partial charge < -0.3 is 9.30 Å². The van der Waals surface area contributed by atoms with Crippen molar-refractivity contribution in [3.05, 3.63) is 68.7 Å². The van der Waals surface area contributed by atoms with Crippen molar-refractivity contribution in [3.63, 3.8) is 0 Å². The van der Waals surface area contributed by atoms with E-state index in [1.54, 1.807) is 30.3 Å². The van der Waals surface area contributed by atoms with Crippen LogP contribution in [0.2, 0.25) is 0 Å². The summed E-state index contributed by atoms with van der Waals surface area (Å²) in [5.74, 6) is -1.20. The summed E-state index contributed by atoms with van der Waals surface area (Å²) in [4.78, 5) is 24.8. The molecule has 0 aliphatic heterocycles. The van der Waals surface area contributed by atoms with E-state index < -0.39 is 21.6 Å². The molecular weight excluding hydrogens is 424 g/mol. The first-order valence-corrected chi connectivity index (χ1v) is 9.92. The molecular formula is C17H15BrN2O5S. The number of hydrogen-bond acceptors (Lipinski definition) is 5. The number of rotatable bonds is 4. The molecule has 2 aromatic heterocycles. The summed E-state index contributed by atoms with van der Waals surface area (Å²) in [6, 6.07) is 9.87. The Labute approximate surface area is 158 Å². The highest BCUT2D eigenvalue weighted by Gasteiger charge is 2.28. The molecule has 0 fully saturated rings. The van der Waals surface area contributed by atoms with E-state index in [1.165, 1.54) is 23.9 Å². The molecule has 1 aromatic carbocycles. The summed E-state index contributed by atoms with van der Waals surface area (Å²) in [5.41, 5.74) is -0.312. The molecule has 0 spiro atoms. The first kappa shape index (κ1) is 18.4. The van der Waals surface area contributed by atoms with Gasteiger partial charge in [0.25, 0.3) is 5.56 Å². The van der Waals surface area contributed by atoms with E-state index in [4.69, 9.17) is 4.74 Å². The van der Waals surface area contributed by atoms with Crippen molar-refractivity contribution >= 4 is 42.8 Å². The number of ether oxygens (including phenoxy) is 1. The van der Waals surface area contributed by atoms with E-state index in [0.717, 1.165) is 11.1 Å². The SMILES string of the molecule is COC(=O)c1cc2c(Br)cn(C)c(=O)c2n1S(=O)(=O)Cc1ccccc1. The van der Waals surface area contributed by atoms with Crippen molar-refractivity contribution in [2.75, 3.05) is 7.11 Å². The highest BCUT2D eigenvalue weighted by Crippen LogP contribution is 2.27. The second-order valence-electron chi connectivity index (χ2n) is 5.68. The average Bonchev–Trinajstić information content (AvgIpc) is 3.02. The number of aromatic nitrogens is 2. The third kappa shape index (κ3) is 3.08. The van der Waals surface area contributed by atoms with Crippen molar-refractivity contribution in [2.45, 2.75) is 5.75 Å². The van der Waals surface area contributed by atoms with Crippen molar-refractivity contribution < 1.29 is 17.9 Å². The molecule has 0 N–H and O–H groups in total. The Bertz CT molecular complexity index is 1160. The van der Waals surface area contributed by atoms with E-state index in [-0.39, 0.29) is 17.0 Å². The van der Waals surface area contributed by atoms with E-state index in [9.17, 15) is 18.0 Å². The van der Waals surface area contributed by atoms with E-state index >= 15 is 0 Å². The van der Waals surface area contributed by atoms with Gasteiger partial charge in [0.15, 0.2) is 0 Å². The molecule has 0 saturated carbocycles. The topological polar surface area (TPSA) is 87.4 Å². The molecule has 7 nitrogen and oxygen atoms in total. The summed E-state index contributed by atoms with van der Waals surface area (Å²) >= 11 is 3.31. The van der Waals surface area contributed by atoms with Crippen molar-refractivity contribution in [2.24, 2.45) is 7.05 Å². The number of benzene rings is 1. The molecule has 0 radical (unpaired) electrons. The van der Waals surface area contributed by atoms with Crippen LogP contribution in [-0.2, 0) is 27.6 Å². The van der Waals surface area contributed by atoms with Crippen LogP contribution in [0.3, 0.4) is 0 Å². The number of methoxy groups -OCH3 is 1. The van der Waals surface area contributed by atoms with Crippen LogP contribution in [0, 0.1) is 0 Å². The van der Waals surface area contributed by atoms with Crippen LogP contribution in [-0.4, -0.2) is 30.0 Å². The molecule has 0 aliphatic carbocycles. The van der Waals surface area contributed by atoms with E-state index in [2.05, 4.69) is 15.9 Å². The Morgan fingerprint density at radius 1 is 1.23 bits per heavy atom. The lowest BCUT2D eigenvalue weighted by atomic mass is 10.2. The lowest BCUT2D eigenvalue weighted by Gasteiger charge is -2.11. The Morgan fingerprint density at radius 3 is 2.50 bits per heavy atom. The third-order valence-corrected chi connectivity index (χ3v) is 6.18. The van der Waals surface area contributed by atoms with E-state index in [1.807, 2.05) is 0 Å². The van der Waals surface area contributed by atoms with Crippen LogP contribution < -0.4 is 5.56 Å². The summed E-state index contributed by atoms with van der Waals surface area (Å²) in [6.45, 7) is 0. The Hall–Kier alpha value is -2.39. The summed E-state index contributed by atoms with van der Waals surface area (Å²) in [7, 11) is -1.40. The summed E-state index contributed by atoms with van der Waals surface area (Å²) in [6.07, 6.45) is 1.51. The first-order chi connectivity index (χ1) is 12.3. The largest absolute Gasteiger partial charge is 0.464 e. The van der Waals surface area contributed by atoms with Crippen LogP contribution in [0.15, 0.2) is 51.9 Å². The molecule has 136 valence electrons. The zero-order valence-corrected chi connectivity index (χ0v) is 16.4. The van der Waals surface area contributed by atoms with Gasteiger partial charge in [-0.3, -0.25) is 4.79 Å². The van der Waals surface area contributed by atoms with Gasteiger partial charge in [-0.2, -0.15) is 0 Å². The minimum absolute atomic E-state index is 0.0989. The molecule has 0 aliphatic rings. The van der Waals surface area contributed by atoms with Crippen LogP contribution in [0.5, 0.6) is 0 Å². The van der Waals surface area contributed by atoms with Gasteiger partial charge in [0.1, 0.15) is 11.2 Å². The lowest BCUT2D eigenvalue weighted by Crippen LogP contribution is -2.26. The molecule has 0 saturated heterocycles.